The molecule has 2 aromatic carbocycles. The molecule has 1 saturated carbocycles. The molecule has 0 saturated heterocycles. The van der Waals surface area contributed by atoms with E-state index in [2.05, 4.69) is 10.1 Å². The molecule has 2 unspecified atom stereocenters. The lowest BCUT2D eigenvalue weighted by Crippen LogP contribution is -2.24. The van der Waals surface area contributed by atoms with Gasteiger partial charge in [-0.3, -0.25) is 14.5 Å². The zero-order valence-corrected chi connectivity index (χ0v) is 25.4. The Morgan fingerprint density at radius 2 is 1.72 bits per heavy atom. The summed E-state index contributed by atoms with van der Waals surface area (Å²) < 4.78 is 113. The van der Waals surface area contributed by atoms with Crippen molar-refractivity contribution in [1.29, 1.82) is 0 Å². The first-order chi connectivity index (χ1) is 21.7. The molecule has 0 radical (unpaired) electrons. The number of halogens is 6. The quantitative estimate of drug-likeness (QED) is 0.169. The number of sulfonamides is 1. The fourth-order valence-electron chi connectivity index (χ4n) is 6.37. The summed E-state index contributed by atoms with van der Waals surface area (Å²) in [6, 6.07) is 12.1. The van der Waals surface area contributed by atoms with Crippen LogP contribution < -0.4 is 0 Å². The van der Waals surface area contributed by atoms with Crippen molar-refractivity contribution in [2.24, 2.45) is 5.92 Å². The van der Waals surface area contributed by atoms with Crippen LogP contribution in [-0.2, 0) is 33.7 Å². The Hall–Kier alpha value is -4.04. The number of fused-ring (bicyclic) bond motifs is 3. The maximum Gasteiger partial charge on any atom is 0.293 e. The molecule has 6 rings (SSSR count). The van der Waals surface area contributed by atoms with Crippen molar-refractivity contribution < 1.29 is 39.6 Å². The summed E-state index contributed by atoms with van der Waals surface area (Å²) in [5, 5.41) is 3.74. The molecule has 2 aromatic heterocycles. The van der Waals surface area contributed by atoms with Gasteiger partial charge in [-0.15, -0.1) is 0 Å². The predicted octanol–water partition coefficient (Wildman–Crippen LogP) is 6.61. The van der Waals surface area contributed by atoms with Gasteiger partial charge in [0.15, 0.2) is 5.78 Å². The summed E-state index contributed by atoms with van der Waals surface area (Å²) in [4.78, 5) is 18.0. The van der Waals surface area contributed by atoms with Crippen molar-refractivity contribution in [1.82, 2.24) is 19.1 Å². The van der Waals surface area contributed by atoms with Crippen LogP contribution in [0.25, 0.3) is 11.1 Å². The van der Waals surface area contributed by atoms with E-state index in [0.29, 0.717) is 27.6 Å². The Bertz CT molecular complexity index is 1910. The van der Waals surface area contributed by atoms with Gasteiger partial charge in [-0.1, -0.05) is 18.2 Å². The third kappa shape index (κ3) is 5.72. The number of hydrogen-bond donors (Lipinski definition) is 0. The zero-order valence-electron chi connectivity index (χ0n) is 24.6. The number of ketones is 1. The van der Waals surface area contributed by atoms with E-state index in [1.54, 1.807) is 24.3 Å². The van der Waals surface area contributed by atoms with Gasteiger partial charge in [0.25, 0.3) is 12.3 Å². The average molecular weight is 663 g/mol. The van der Waals surface area contributed by atoms with Crippen LogP contribution in [0.4, 0.5) is 26.3 Å². The second-order valence-electron chi connectivity index (χ2n) is 11.8. The molecule has 14 heteroatoms. The Balaban J connectivity index is 1.35. The van der Waals surface area contributed by atoms with Crippen LogP contribution in [0.1, 0.15) is 59.3 Å². The molecule has 0 N–H and O–H groups in total. The molecule has 3 atom stereocenters. The molecule has 46 heavy (non-hydrogen) atoms. The predicted molar refractivity (Wildman–Crippen MR) is 155 cm³/mol. The SMILES string of the molecule is CN(C)S(=O)(=O)c1ccc(-c2cccnc2[C@@H](CC(=O)Cn2nc(C(F)F)c3c2C(F)(F)C2CC32)Cc2cc(F)cc(F)c2)cc1. The van der Waals surface area contributed by atoms with E-state index in [4.69, 9.17) is 0 Å². The van der Waals surface area contributed by atoms with E-state index < -0.39 is 75.5 Å². The van der Waals surface area contributed by atoms with Crippen LogP contribution in [0.15, 0.2) is 65.7 Å². The van der Waals surface area contributed by atoms with Crippen molar-refractivity contribution in [3.63, 3.8) is 0 Å². The number of alkyl halides is 4. The second kappa shape index (κ2) is 11.6. The monoisotopic (exact) mass is 662 g/mol. The highest BCUT2D eigenvalue weighted by atomic mass is 32.2. The van der Waals surface area contributed by atoms with Gasteiger partial charge in [-0.2, -0.15) is 13.9 Å². The minimum Gasteiger partial charge on any atom is -0.298 e. The first-order valence-electron chi connectivity index (χ1n) is 14.4. The Morgan fingerprint density at radius 1 is 1.04 bits per heavy atom. The first-order valence-corrected chi connectivity index (χ1v) is 15.8. The van der Waals surface area contributed by atoms with Crippen molar-refractivity contribution in [2.75, 3.05) is 14.1 Å². The van der Waals surface area contributed by atoms with Crippen molar-refractivity contribution in [3.05, 3.63) is 101 Å². The van der Waals surface area contributed by atoms with E-state index in [-0.39, 0.29) is 35.3 Å². The van der Waals surface area contributed by atoms with Crippen LogP contribution in [0.5, 0.6) is 0 Å². The van der Waals surface area contributed by atoms with Gasteiger partial charge in [0, 0.05) is 55.7 Å². The van der Waals surface area contributed by atoms with Crippen LogP contribution in [0.3, 0.4) is 0 Å². The summed E-state index contributed by atoms with van der Waals surface area (Å²) in [6.45, 7) is -0.711. The fraction of sp³-hybridized carbons (Fsp3) is 0.344. The molecule has 0 amide bonds. The highest BCUT2D eigenvalue weighted by molar-refractivity contribution is 7.89. The molecule has 2 aliphatic rings. The maximum atomic E-state index is 15.1. The molecule has 2 aliphatic carbocycles. The van der Waals surface area contributed by atoms with E-state index >= 15 is 8.78 Å². The number of rotatable bonds is 11. The number of carbonyl (C=O) groups is 1. The molecule has 0 bridgehead atoms. The molecule has 7 nitrogen and oxygen atoms in total. The molecule has 0 aliphatic heterocycles. The molecule has 4 aromatic rings. The number of nitrogens with zero attached hydrogens (tertiary/aromatic N) is 4. The summed E-state index contributed by atoms with van der Waals surface area (Å²) in [5.74, 6) is -8.37. The highest BCUT2D eigenvalue weighted by Crippen LogP contribution is 2.68. The number of carbonyl (C=O) groups excluding carboxylic acids is 1. The molecular formula is C32H28F6N4O3S. The van der Waals surface area contributed by atoms with Crippen LogP contribution in [0.2, 0.25) is 0 Å². The summed E-state index contributed by atoms with van der Waals surface area (Å²) in [5.41, 5.74) is -0.0264. The number of hydrogen-bond acceptors (Lipinski definition) is 5. The zero-order chi connectivity index (χ0) is 33.1. The van der Waals surface area contributed by atoms with Gasteiger partial charge in [-0.25, -0.2) is 30.3 Å². The lowest BCUT2D eigenvalue weighted by molar-refractivity contribution is -0.120. The molecular weight excluding hydrogens is 634 g/mol. The Kier molecular flexibility index (Phi) is 8.08. The largest absolute Gasteiger partial charge is 0.298 e. The average Bonchev–Trinajstić information content (AvgIpc) is 3.65. The molecule has 242 valence electrons. The first kappa shape index (κ1) is 31.9. The van der Waals surface area contributed by atoms with Gasteiger partial charge in [0.1, 0.15) is 29.6 Å². The second-order valence-corrected chi connectivity index (χ2v) is 14.0. The van der Waals surface area contributed by atoms with Gasteiger partial charge < -0.3 is 0 Å². The molecule has 2 heterocycles. The Morgan fingerprint density at radius 3 is 2.35 bits per heavy atom. The minimum absolute atomic E-state index is 0.0398. The van der Waals surface area contributed by atoms with E-state index in [9.17, 15) is 30.8 Å². The van der Waals surface area contributed by atoms with Gasteiger partial charge >= 0.3 is 0 Å². The van der Waals surface area contributed by atoms with Crippen LogP contribution in [0, 0.1) is 17.6 Å². The summed E-state index contributed by atoms with van der Waals surface area (Å²) in [7, 11) is -0.925. The molecule has 0 spiro atoms. The summed E-state index contributed by atoms with van der Waals surface area (Å²) >= 11 is 0. The highest BCUT2D eigenvalue weighted by Gasteiger charge is 2.67. The Labute approximate surface area is 260 Å². The standard InChI is InChI=1S/C32H28F6N4O3S/c1-41(2)46(44,45)23-7-5-18(6-8-23)24-4-3-9-39-28(24)19(10-17-11-20(33)14-21(34)12-17)13-22(43)16-42-30-27(29(40-42)31(35)36)25-15-26(25)32(30,37)38/h3-9,11-12,14,19,25-26,31H,10,13,15-16H2,1-2H3/t19-,25?,26?/m1/s1. The van der Waals surface area contributed by atoms with E-state index in [1.165, 1.54) is 32.4 Å². The number of aromatic nitrogens is 3. The van der Waals surface area contributed by atoms with Crippen LogP contribution in [-0.4, -0.2) is 47.4 Å². The smallest absolute Gasteiger partial charge is 0.293 e. The number of pyridine rings is 1. The number of benzene rings is 2. The van der Waals surface area contributed by atoms with Crippen molar-refractivity contribution in [3.8, 4) is 11.1 Å². The fourth-order valence-corrected chi connectivity index (χ4v) is 7.27. The van der Waals surface area contributed by atoms with Gasteiger partial charge in [0.2, 0.25) is 10.0 Å². The lowest BCUT2D eigenvalue weighted by atomic mass is 9.87. The van der Waals surface area contributed by atoms with Crippen molar-refractivity contribution in [2.45, 2.75) is 54.9 Å². The number of Topliss-reactive ketones (excluding diaryl/α,β-unsaturated/α-hetero) is 1. The van der Waals surface area contributed by atoms with E-state index in [1.807, 2.05) is 0 Å². The van der Waals surface area contributed by atoms with Gasteiger partial charge in [-0.05, 0) is 60.2 Å². The van der Waals surface area contributed by atoms with E-state index in [0.717, 1.165) is 16.4 Å². The summed E-state index contributed by atoms with van der Waals surface area (Å²) in [6.07, 6.45) is -2.00. The van der Waals surface area contributed by atoms with Gasteiger partial charge in [0.05, 0.1) is 10.6 Å². The van der Waals surface area contributed by atoms with Crippen LogP contribution >= 0.6 is 0 Å². The third-order valence-electron chi connectivity index (χ3n) is 8.54. The normalized spacial score (nSPS) is 18.9. The topological polar surface area (TPSA) is 85.2 Å². The minimum atomic E-state index is -3.72. The van der Waals surface area contributed by atoms with Crippen molar-refractivity contribution >= 4 is 15.8 Å². The lowest BCUT2D eigenvalue weighted by Gasteiger charge is -2.21. The maximum absolute atomic E-state index is 15.1. The molecule has 1 fully saturated rings. The third-order valence-corrected chi connectivity index (χ3v) is 10.4.